The molecule has 0 aromatic heterocycles. The van der Waals surface area contributed by atoms with Gasteiger partial charge in [-0.05, 0) is 13.3 Å². The zero-order chi connectivity index (χ0) is 12.2. The molecule has 0 spiro atoms. The first-order valence-electron chi connectivity index (χ1n) is 5.76. The van der Waals surface area contributed by atoms with Gasteiger partial charge in [-0.25, -0.2) is 13.1 Å². The van der Waals surface area contributed by atoms with Crippen LogP contribution >= 0.6 is 0 Å². The van der Waals surface area contributed by atoms with Crippen LogP contribution in [0.3, 0.4) is 0 Å². The predicted octanol–water partition coefficient (Wildman–Crippen LogP) is 0.0812. The maximum absolute atomic E-state index is 11.7. The smallest absolute Gasteiger partial charge is 0.213 e. The van der Waals surface area contributed by atoms with Gasteiger partial charge in [-0.1, -0.05) is 13.8 Å². The molecule has 0 amide bonds. The molecule has 0 bridgehead atoms. The van der Waals surface area contributed by atoms with Crippen molar-refractivity contribution in [1.29, 1.82) is 0 Å². The molecule has 2 N–H and O–H groups in total. The molecule has 5 nitrogen and oxygen atoms in total. The summed E-state index contributed by atoms with van der Waals surface area (Å²) in [6, 6.07) is 0.244. The van der Waals surface area contributed by atoms with Crippen LogP contribution in [0.15, 0.2) is 0 Å². The molecule has 2 unspecified atom stereocenters. The van der Waals surface area contributed by atoms with Crippen molar-refractivity contribution in [3.05, 3.63) is 0 Å². The summed E-state index contributed by atoms with van der Waals surface area (Å²) in [5.41, 5.74) is 0. The Kier molecular flexibility index (Phi) is 5.17. The molecule has 1 heterocycles. The van der Waals surface area contributed by atoms with Crippen molar-refractivity contribution in [1.82, 2.24) is 10.0 Å². The van der Waals surface area contributed by atoms with Crippen molar-refractivity contribution >= 4 is 10.0 Å². The second-order valence-electron chi connectivity index (χ2n) is 4.52. The summed E-state index contributed by atoms with van der Waals surface area (Å²) in [5, 5.41) is 3.09. The fourth-order valence-electron chi connectivity index (χ4n) is 1.66. The largest absolute Gasteiger partial charge is 0.377 e. The van der Waals surface area contributed by atoms with Gasteiger partial charge in [0.25, 0.3) is 0 Å². The van der Waals surface area contributed by atoms with Crippen molar-refractivity contribution in [2.75, 3.05) is 18.9 Å². The van der Waals surface area contributed by atoms with Crippen molar-refractivity contribution in [2.24, 2.45) is 0 Å². The fourth-order valence-corrected chi connectivity index (χ4v) is 2.93. The average molecular weight is 250 g/mol. The molecule has 2 atom stereocenters. The van der Waals surface area contributed by atoms with Gasteiger partial charge in [0.2, 0.25) is 10.0 Å². The minimum Gasteiger partial charge on any atom is -0.377 e. The normalized spacial score (nSPS) is 26.5. The second-order valence-corrected chi connectivity index (χ2v) is 6.39. The Balaban J connectivity index is 2.33. The standard InChI is InChI=1S/C10H22N2O3S/c1-8(2)11-5-7-16(13,14)12-10-4-6-15-9(10)3/h8-12H,4-7H2,1-3H3. The Labute approximate surface area is 98.0 Å². The van der Waals surface area contributed by atoms with E-state index in [1.807, 2.05) is 20.8 Å². The highest BCUT2D eigenvalue weighted by atomic mass is 32.2. The minimum absolute atomic E-state index is 0.0205. The maximum atomic E-state index is 11.7. The molecule has 0 saturated carbocycles. The van der Waals surface area contributed by atoms with Crippen LogP contribution in [0.1, 0.15) is 27.2 Å². The lowest BCUT2D eigenvalue weighted by Crippen LogP contribution is -2.42. The molecule has 16 heavy (non-hydrogen) atoms. The van der Waals surface area contributed by atoms with Gasteiger partial charge < -0.3 is 10.1 Å². The summed E-state index contributed by atoms with van der Waals surface area (Å²) in [5.74, 6) is 0.119. The van der Waals surface area contributed by atoms with E-state index in [2.05, 4.69) is 10.0 Å². The first-order chi connectivity index (χ1) is 7.41. The van der Waals surface area contributed by atoms with E-state index in [1.54, 1.807) is 0 Å². The minimum atomic E-state index is -3.19. The van der Waals surface area contributed by atoms with Crippen LogP contribution in [0.4, 0.5) is 0 Å². The van der Waals surface area contributed by atoms with Gasteiger partial charge in [-0.2, -0.15) is 0 Å². The Morgan fingerprint density at radius 2 is 2.12 bits per heavy atom. The van der Waals surface area contributed by atoms with E-state index in [-0.39, 0.29) is 17.9 Å². The molecular formula is C10H22N2O3S. The second kappa shape index (κ2) is 5.95. The van der Waals surface area contributed by atoms with E-state index in [0.29, 0.717) is 19.2 Å². The molecule has 0 aromatic carbocycles. The molecular weight excluding hydrogens is 228 g/mol. The Hall–Kier alpha value is -0.170. The number of hydrogen-bond acceptors (Lipinski definition) is 4. The van der Waals surface area contributed by atoms with Gasteiger partial charge in [-0.3, -0.25) is 0 Å². The third-order valence-corrected chi connectivity index (χ3v) is 4.03. The zero-order valence-corrected chi connectivity index (χ0v) is 11.0. The van der Waals surface area contributed by atoms with E-state index in [9.17, 15) is 8.42 Å². The lowest BCUT2D eigenvalue weighted by Gasteiger charge is -2.16. The third kappa shape index (κ3) is 4.78. The molecule has 1 aliphatic heterocycles. The SMILES string of the molecule is CC(C)NCCS(=O)(=O)NC1CCOC1C. The van der Waals surface area contributed by atoms with Gasteiger partial charge in [0.15, 0.2) is 0 Å². The topological polar surface area (TPSA) is 67.4 Å². The van der Waals surface area contributed by atoms with Gasteiger partial charge in [0.1, 0.15) is 0 Å². The van der Waals surface area contributed by atoms with Crippen LogP contribution in [-0.2, 0) is 14.8 Å². The van der Waals surface area contributed by atoms with Crippen molar-refractivity contribution in [3.63, 3.8) is 0 Å². The van der Waals surface area contributed by atoms with Crippen LogP contribution in [0.2, 0.25) is 0 Å². The van der Waals surface area contributed by atoms with Crippen LogP contribution in [0.5, 0.6) is 0 Å². The van der Waals surface area contributed by atoms with Crippen LogP contribution in [-0.4, -0.2) is 45.5 Å². The van der Waals surface area contributed by atoms with E-state index in [4.69, 9.17) is 4.74 Å². The Morgan fingerprint density at radius 1 is 1.44 bits per heavy atom. The van der Waals surface area contributed by atoms with Crippen molar-refractivity contribution in [2.45, 2.75) is 45.4 Å². The molecule has 1 rings (SSSR count). The number of nitrogens with one attached hydrogen (secondary N) is 2. The molecule has 6 heteroatoms. The molecule has 1 saturated heterocycles. The molecule has 0 radical (unpaired) electrons. The predicted molar refractivity (Wildman–Crippen MR) is 63.9 cm³/mol. The molecule has 0 aliphatic carbocycles. The number of sulfonamides is 1. The van der Waals surface area contributed by atoms with Gasteiger partial charge in [0, 0.05) is 25.2 Å². The molecule has 96 valence electrons. The van der Waals surface area contributed by atoms with Crippen LogP contribution in [0.25, 0.3) is 0 Å². The molecule has 1 fully saturated rings. The van der Waals surface area contributed by atoms with Gasteiger partial charge >= 0.3 is 0 Å². The van der Waals surface area contributed by atoms with E-state index in [1.165, 1.54) is 0 Å². The first kappa shape index (κ1) is 13.9. The number of hydrogen-bond donors (Lipinski definition) is 2. The molecule has 1 aliphatic rings. The Bertz CT molecular complexity index is 303. The first-order valence-corrected chi connectivity index (χ1v) is 7.41. The summed E-state index contributed by atoms with van der Waals surface area (Å²) in [4.78, 5) is 0. The summed E-state index contributed by atoms with van der Waals surface area (Å²) in [6.45, 7) is 7.00. The quantitative estimate of drug-likeness (QED) is 0.700. The van der Waals surface area contributed by atoms with Crippen LogP contribution < -0.4 is 10.0 Å². The highest BCUT2D eigenvalue weighted by Gasteiger charge is 2.27. The van der Waals surface area contributed by atoms with Crippen molar-refractivity contribution in [3.8, 4) is 0 Å². The van der Waals surface area contributed by atoms with E-state index in [0.717, 1.165) is 6.42 Å². The van der Waals surface area contributed by atoms with Gasteiger partial charge in [0.05, 0.1) is 11.9 Å². The summed E-state index contributed by atoms with van der Waals surface area (Å²) >= 11 is 0. The Morgan fingerprint density at radius 3 is 2.62 bits per heavy atom. The lowest BCUT2D eigenvalue weighted by molar-refractivity contribution is 0.117. The number of ether oxygens (including phenoxy) is 1. The van der Waals surface area contributed by atoms with E-state index < -0.39 is 10.0 Å². The third-order valence-electron chi connectivity index (χ3n) is 2.63. The summed E-state index contributed by atoms with van der Waals surface area (Å²) < 4.78 is 31.4. The van der Waals surface area contributed by atoms with Crippen molar-refractivity contribution < 1.29 is 13.2 Å². The fraction of sp³-hybridized carbons (Fsp3) is 1.00. The number of rotatable bonds is 6. The summed E-state index contributed by atoms with van der Waals surface area (Å²) in [7, 11) is -3.19. The average Bonchev–Trinajstić information content (AvgIpc) is 2.50. The highest BCUT2D eigenvalue weighted by molar-refractivity contribution is 7.89. The monoisotopic (exact) mass is 250 g/mol. The van der Waals surface area contributed by atoms with Crippen LogP contribution in [0, 0.1) is 0 Å². The van der Waals surface area contributed by atoms with Gasteiger partial charge in [-0.15, -0.1) is 0 Å². The highest BCUT2D eigenvalue weighted by Crippen LogP contribution is 2.13. The molecule has 0 aromatic rings. The zero-order valence-electron chi connectivity index (χ0n) is 10.2. The maximum Gasteiger partial charge on any atom is 0.213 e. The van der Waals surface area contributed by atoms with E-state index >= 15 is 0 Å². The lowest BCUT2D eigenvalue weighted by atomic mass is 10.2. The summed E-state index contributed by atoms with van der Waals surface area (Å²) in [6.07, 6.45) is 0.741.